The molecule has 128 valence electrons. The van der Waals surface area contributed by atoms with Crippen LogP contribution in [0.1, 0.15) is 52.0 Å². The molecule has 1 aromatic rings. The molecule has 2 rings (SSSR count). The third kappa shape index (κ3) is 5.86. The first kappa shape index (κ1) is 17.8. The average Bonchev–Trinajstić information content (AvgIpc) is 2.43. The van der Waals surface area contributed by atoms with Crippen molar-refractivity contribution in [2.24, 2.45) is 0 Å². The summed E-state index contributed by atoms with van der Waals surface area (Å²) in [5.41, 5.74) is 0.396. The fraction of sp³-hybridized carbons (Fsp3) is 0.688. The average molecular weight is 341 g/mol. The van der Waals surface area contributed by atoms with Crippen LogP contribution in [-0.2, 0) is 4.74 Å². The Morgan fingerprint density at radius 3 is 2.43 bits per heavy atom. The number of nitrogens with zero attached hydrogens (tertiary/aromatic N) is 2. The van der Waals surface area contributed by atoms with E-state index < -0.39 is 5.60 Å². The van der Waals surface area contributed by atoms with E-state index in [1.807, 2.05) is 27.7 Å². The predicted octanol–water partition coefficient (Wildman–Crippen LogP) is 3.69. The number of anilines is 1. The van der Waals surface area contributed by atoms with Gasteiger partial charge in [0.1, 0.15) is 10.8 Å². The fourth-order valence-corrected chi connectivity index (χ4v) is 2.66. The first-order valence-corrected chi connectivity index (χ1v) is 8.36. The van der Waals surface area contributed by atoms with Gasteiger partial charge in [-0.2, -0.15) is 0 Å². The van der Waals surface area contributed by atoms with Gasteiger partial charge in [0.05, 0.1) is 0 Å². The number of aryl methyl sites for hydroxylation is 1. The van der Waals surface area contributed by atoms with Gasteiger partial charge in [-0.15, -0.1) is 0 Å². The second-order valence-corrected chi connectivity index (χ2v) is 7.36. The highest BCUT2D eigenvalue weighted by Gasteiger charge is 2.25. The maximum absolute atomic E-state index is 11.8. The summed E-state index contributed by atoms with van der Waals surface area (Å²) in [4.78, 5) is 20.3. The summed E-state index contributed by atoms with van der Waals surface area (Å²) < 4.78 is 5.29. The minimum absolute atomic E-state index is 0.158. The molecule has 0 saturated heterocycles. The van der Waals surface area contributed by atoms with E-state index in [9.17, 15) is 4.79 Å². The van der Waals surface area contributed by atoms with Crippen LogP contribution >= 0.6 is 11.6 Å². The monoisotopic (exact) mass is 340 g/mol. The number of carbonyl (C=O) groups is 1. The predicted molar refractivity (Wildman–Crippen MR) is 90.8 cm³/mol. The summed E-state index contributed by atoms with van der Waals surface area (Å²) in [6.45, 7) is 7.46. The van der Waals surface area contributed by atoms with E-state index in [2.05, 4.69) is 20.6 Å². The summed E-state index contributed by atoms with van der Waals surface area (Å²) in [5, 5.41) is 6.72. The topological polar surface area (TPSA) is 76.1 Å². The van der Waals surface area contributed by atoms with E-state index >= 15 is 0 Å². The third-order valence-electron chi connectivity index (χ3n) is 3.69. The molecule has 0 unspecified atom stereocenters. The second-order valence-electron chi connectivity index (χ2n) is 7.01. The van der Waals surface area contributed by atoms with Crippen LogP contribution in [-0.4, -0.2) is 33.7 Å². The number of carbonyl (C=O) groups excluding carboxylic acids is 1. The number of ether oxygens (including phenoxy) is 1. The van der Waals surface area contributed by atoms with Gasteiger partial charge >= 0.3 is 6.09 Å². The lowest BCUT2D eigenvalue weighted by atomic mass is 9.91. The van der Waals surface area contributed by atoms with Gasteiger partial charge in [0.15, 0.2) is 0 Å². The van der Waals surface area contributed by atoms with Crippen molar-refractivity contribution in [2.45, 2.75) is 71.1 Å². The van der Waals surface area contributed by atoms with Gasteiger partial charge in [0, 0.05) is 23.8 Å². The fourth-order valence-electron chi connectivity index (χ4n) is 2.53. The van der Waals surface area contributed by atoms with Crippen molar-refractivity contribution in [2.75, 3.05) is 5.32 Å². The van der Waals surface area contributed by atoms with E-state index in [0.29, 0.717) is 17.1 Å². The molecule has 1 saturated carbocycles. The van der Waals surface area contributed by atoms with Gasteiger partial charge < -0.3 is 15.4 Å². The highest BCUT2D eigenvalue weighted by Crippen LogP contribution is 2.22. The first-order chi connectivity index (χ1) is 10.7. The maximum Gasteiger partial charge on any atom is 0.407 e. The molecule has 6 nitrogen and oxygen atoms in total. The largest absolute Gasteiger partial charge is 0.444 e. The third-order valence-corrected chi connectivity index (χ3v) is 4.07. The molecule has 23 heavy (non-hydrogen) atoms. The summed E-state index contributed by atoms with van der Waals surface area (Å²) in [7, 11) is 0. The zero-order valence-corrected chi connectivity index (χ0v) is 14.9. The Kier molecular flexibility index (Phi) is 5.68. The quantitative estimate of drug-likeness (QED) is 0.821. The van der Waals surface area contributed by atoms with Crippen LogP contribution in [0.5, 0.6) is 0 Å². The van der Waals surface area contributed by atoms with Crippen molar-refractivity contribution in [3.05, 3.63) is 16.9 Å². The van der Waals surface area contributed by atoms with Crippen LogP contribution in [0, 0.1) is 6.92 Å². The minimum Gasteiger partial charge on any atom is -0.444 e. The molecule has 0 spiro atoms. The number of nitrogens with one attached hydrogen (secondary N) is 2. The van der Waals surface area contributed by atoms with E-state index in [1.54, 1.807) is 6.20 Å². The van der Waals surface area contributed by atoms with E-state index in [4.69, 9.17) is 16.3 Å². The molecule has 2 N–H and O–H groups in total. The SMILES string of the molecule is Cc1cnc(NC2CCC(NC(=O)OC(C)(C)C)CC2)nc1Cl. The van der Waals surface area contributed by atoms with Gasteiger partial charge in [0.25, 0.3) is 0 Å². The molecule has 0 atom stereocenters. The van der Waals surface area contributed by atoms with E-state index in [0.717, 1.165) is 31.2 Å². The van der Waals surface area contributed by atoms with Crippen molar-refractivity contribution in [1.29, 1.82) is 0 Å². The van der Waals surface area contributed by atoms with Gasteiger partial charge in [-0.25, -0.2) is 14.8 Å². The van der Waals surface area contributed by atoms with Gasteiger partial charge in [-0.1, -0.05) is 11.6 Å². The number of rotatable bonds is 3. The van der Waals surface area contributed by atoms with E-state index in [-0.39, 0.29) is 12.1 Å². The zero-order valence-electron chi connectivity index (χ0n) is 14.1. The lowest BCUT2D eigenvalue weighted by Gasteiger charge is -2.30. The second kappa shape index (κ2) is 7.34. The van der Waals surface area contributed by atoms with Crippen LogP contribution < -0.4 is 10.6 Å². The molecular weight excluding hydrogens is 316 g/mol. The molecule has 1 aliphatic rings. The Morgan fingerprint density at radius 2 is 1.87 bits per heavy atom. The number of hydrogen-bond acceptors (Lipinski definition) is 5. The summed E-state index contributed by atoms with van der Waals surface area (Å²) in [6.07, 6.45) is 5.05. The minimum atomic E-state index is -0.467. The van der Waals surface area contributed by atoms with Gasteiger partial charge in [-0.3, -0.25) is 0 Å². The number of amides is 1. The van der Waals surface area contributed by atoms with Gasteiger partial charge in [-0.05, 0) is 53.4 Å². The van der Waals surface area contributed by atoms with Gasteiger partial charge in [0.2, 0.25) is 5.95 Å². The number of alkyl carbamates (subject to hydrolysis) is 1. The lowest BCUT2D eigenvalue weighted by molar-refractivity contribution is 0.0492. The molecule has 7 heteroatoms. The Morgan fingerprint density at radius 1 is 1.26 bits per heavy atom. The van der Waals surface area contributed by atoms with Crippen LogP contribution in [0.3, 0.4) is 0 Å². The zero-order chi connectivity index (χ0) is 17.0. The summed E-state index contributed by atoms with van der Waals surface area (Å²) in [5.74, 6) is 0.559. The van der Waals surface area contributed by atoms with Crippen molar-refractivity contribution < 1.29 is 9.53 Å². The van der Waals surface area contributed by atoms with Crippen molar-refractivity contribution in [3.63, 3.8) is 0 Å². The Hall–Kier alpha value is -1.56. The van der Waals surface area contributed by atoms with Crippen LogP contribution in [0.4, 0.5) is 10.7 Å². The molecule has 0 aliphatic heterocycles. The number of hydrogen-bond donors (Lipinski definition) is 2. The summed E-state index contributed by atoms with van der Waals surface area (Å²) in [6, 6.07) is 0.455. The molecule has 1 fully saturated rings. The number of halogens is 1. The smallest absolute Gasteiger partial charge is 0.407 e. The molecule has 0 bridgehead atoms. The molecular formula is C16H25ClN4O2. The normalized spacial score (nSPS) is 21.6. The summed E-state index contributed by atoms with van der Waals surface area (Å²) >= 11 is 6.01. The first-order valence-electron chi connectivity index (χ1n) is 7.98. The van der Waals surface area contributed by atoms with Crippen LogP contribution in [0.2, 0.25) is 5.15 Å². The Labute approximate surface area is 142 Å². The van der Waals surface area contributed by atoms with Crippen LogP contribution in [0.15, 0.2) is 6.20 Å². The van der Waals surface area contributed by atoms with Crippen molar-refractivity contribution in [3.8, 4) is 0 Å². The highest BCUT2D eigenvalue weighted by atomic mass is 35.5. The highest BCUT2D eigenvalue weighted by molar-refractivity contribution is 6.30. The Balaban J connectivity index is 1.77. The molecule has 1 aliphatic carbocycles. The molecule has 1 amide bonds. The lowest BCUT2D eigenvalue weighted by Crippen LogP contribution is -2.42. The number of aromatic nitrogens is 2. The maximum atomic E-state index is 11.8. The van der Waals surface area contributed by atoms with Crippen LogP contribution in [0.25, 0.3) is 0 Å². The molecule has 0 radical (unpaired) electrons. The molecule has 1 heterocycles. The Bertz CT molecular complexity index is 552. The molecule has 1 aromatic heterocycles. The van der Waals surface area contributed by atoms with E-state index in [1.165, 1.54) is 0 Å². The van der Waals surface area contributed by atoms with Crippen molar-refractivity contribution in [1.82, 2.24) is 15.3 Å². The standard InChI is InChI=1S/C16H25ClN4O2/c1-10-9-18-14(21-13(10)17)19-11-5-7-12(8-6-11)20-15(22)23-16(2,3)4/h9,11-12H,5-8H2,1-4H3,(H,20,22)(H,18,19,21). The van der Waals surface area contributed by atoms with Crippen molar-refractivity contribution >= 4 is 23.6 Å². The molecule has 0 aromatic carbocycles.